The molecule has 4 rings (SSSR count). The quantitative estimate of drug-likeness (QED) is 0.706. The SMILES string of the molecule is CC(C)(N)C1CCN(c2c(F)cc3c(=O)c(C(=O)O)cn(C4CC4)c3c2C(F)(F)F)C1. The normalized spacial score (nSPS) is 20.0. The smallest absolute Gasteiger partial charge is 0.420 e. The van der Waals surface area contributed by atoms with Crippen LogP contribution in [0.3, 0.4) is 0 Å². The zero-order valence-corrected chi connectivity index (χ0v) is 17.1. The minimum atomic E-state index is -4.96. The maximum absolute atomic E-state index is 15.2. The van der Waals surface area contributed by atoms with Crippen LogP contribution in [0, 0.1) is 11.7 Å². The second-order valence-corrected chi connectivity index (χ2v) is 9.04. The van der Waals surface area contributed by atoms with Gasteiger partial charge in [-0.15, -0.1) is 0 Å². The van der Waals surface area contributed by atoms with E-state index < -0.39 is 56.6 Å². The van der Waals surface area contributed by atoms with Crippen LogP contribution in [0.4, 0.5) is 23.2 Å². The molecule has 2 fully saturated rings. The van der Waals surface area contributed by atoms with Crippen LogP contribution in [-0.4, -0.2) is 34.3 Å². The zero-order valence-electron chi connectivity index (χ0n) is 17.1. The van der Waals surface area contributed by atoms with Crippen molar-refractivity contribution in [3.63, 3.8) is 0 Å². The highest BCUT2D eigenvalue weighted by molar-refractivity contribution is 5.95. The van der Waals surface area contributed by atoms with Gasteiger partial charge in [0, 0.05) is 30.9 Å². The van der Waals surface area contributed by atoms with Gasteiger partial charge in [0.25, 0.3) is 0 Å². The van der Waals surface area contributed by atoms with E-state index in [2.05, 4.69) is 0 Å². The van der Waals surface area contributed by atoms with Gasteiger partial charge in [-0.2, -0.15) is 13.2 Å². The highest BCUT2D eigenvalue weighted by Gasteiger charge is 2.44. The molecular weight excluding hydrogens is 418 g/mol. The van der Waals surface area contributed by atoms with Crippen LogP contribution in [-0.2, 0) is 6.18 Å². The molecule has 2 aromatic rings. The number of rotatable bonds is 4. The number of alkyl halides is 3. The van der Waals surface area contributed by atoms with Crippen LogP contribution in [0.25, 0.3) is 10.9 Å². The summed E-state index contributed by atoms with van der Waals surface area (Å²) in [6.45, 7) is 3.90. The third-order valence-electron chi connectivity index (χ3n) is 6.25. The monoisotopic (exact) mass is 441 g/mol. The highest BCUT2D eigenvalue weighted by atomic mass is 19.4. The van der Waals surface area contributed by atoms with Gasteiger partial charge in [0.2, 0.25) is 5.43 Å². The van der Waals surface area contributed by atoms with E-state index in [1.54, 1.807) is 13.8 Å². The predicted molar refractivity (Wildman–Crippen MR) is 107 cm³/mol. The van der Waals surface area contributed by atoms with Crippen LogP contribution >= 0.6 is 0 Å². The largest absolute Gasteiger partial charge is 0.477 e. The molecule has 1 atom stereocenters. The number of anilines is 1. The number of carboxylic acids is 1. The third-order valence-corrected chi connectivity index (χ3v) is 6.25. The van der Waals surface area contributed by atoms with E-state index in [9.17, 15) is 27.9 Å². The van der Waals surface area contributed by atoms with Crippen molar-refractivity contribution in [2.75, 3.05) is 18.0 Å². The van der Waals surface area contributed by atoms with E-state index in [-0.39, 0.29) is 25.0 Å². The minimum Gasteiger partial charge on any atom is -0.477 e. The van der Waals surface area contributed by atoms with Crippen molar-refractivity contribution in [2.45, 2.75) is 50.9 Å². The summed E-state index contributed by atoms with van der Waals surface area (Å²) in [4.78, 5) is 25.5. The standard InChI is InChI=1S/C21H23F4N3O3/c1-20(2,26)10-5-6-27(8-10)17-14(22)7-12-16(15(17)21(23,24)25)28(11-3-4-11)9-13(18(12)29)19(30)31/h7,9-11H,3-6,8,26H2,1-2H3,(H,30,31). The molecule has 1 aliphatic heterocycles. The van der Waals surface area contributed by atoms with E-state index in [1.807, 2.05) is 0 Å². The molecule has 1 unspecified atom stereocenters. The molecule has 1 aliphatic carbocycles. The number of fused-ring (bicyclic) bond motifs is 1. The van der Waals surface area contributed by atoms with Crippen LogP contribution < -0.4 is 16.1 Å². The fraction of sp³-hybridized carbons (Fsp3) is 0.524. The number of aromatic nitrogens is 1. The first kappa shape index (κ1) is 21.6. The molecule has 2 heterocycles. The number of hydrogen-bond donors (Lipinski definition) is 2. The summed E-state index contributed by atoms with van der Waals surface area (Å²) in [5, 5.41) is 8.76. The van der Waals surface area contributed by atoms with Crippen LogP contribution in [0.15, 0.2) is 17.1 Å². The molecule has 168 valence electrons. The van der Waals surface area contributed by atoms with Crippen molar-refractivity contribution in [1.82, 2.24) is 4.57 Å². The molecule has 3 N–H and O–H groups in total. The lowest BCUT2D eigenvalue weighted by atomic mass is 9.88. The van der Waals surface area contributed by atoms with E-state index in [4.69, 9.17) is 5.73 Å². The molecule has 0 radical (unpaired) electrons. The van der Waals surface area contributed by atoms with Gasteiger partial charge in [-0.1, -0.05) is 0 Å². The summed E-state index contributed by atoms with van der Waals surface area (Å²) in [6, 6.07) is 0.379. The van der Waals surface area contributed by atoms with Crippen molar-refractivity contribution in [3.05, 3.63) is 39.4 Å². The Kier molecular flexibility index (Phi) is 4.84. The Balaban J connectivity index is 2.04. The van der Waals surface area contributed by atoms with E-state index in [0.717, 1.165) is 12.3 Å². The minimum absolute atomic E-state index is 0.135. The number of aromatic carboxylic acids is 1. The van der Waals surface area contributed by atoms with E-state index >= 15 is 4.39 Å². The first-order chi connectivity index (χ1) is 14.3. The van der Waals surface area contributed by atoms with Crippen molar-refractivity contribution >= 4 is 22.6 Å². The Labute approximate surface area is 175 Å². The molecular formula is C21H23F4N3O3. The third kappa shape index (κ3) is 3.66. The molecule has 6 nitrogen and oxygen atoms in total. The van der Waals surface area contributed by atoms with Gasteiger partial charge >= 0.3 is 12.1 Å². The number of carbonyl (C=O) groups is 1. The van der Waals surface area contributed by atoms with Gasteiger partial charge in [0.05, 0.1) is 16.6 Å². The van der Waals surface area contributed by atoms with E-state index in [0.29, 0.717) is 19.3 Å². The first-order valence-electron chi connectivity index (χ1n) is 10.1. The van der Waals surface area contributed by atoms with Crippen LogP contribution in [0.1, 0.15) is 55.1 Å². The summed E-state index contributed by atoms with van der Waals surface area (Å²) in [5.74, 6) is -2.90. The number of nitrogens with two attached hydrogens (primary N) is 1. The number of carboxylic acid groups (broad SMARTS) is 1. The average molecular weight is 441 g/mol. The average Bonchev–Trinajstić information content (AvgIpc) is 3.35. The van der Waals surface area contributed by atoms with Gasteiger partial charge in [0.15, 0.2) is 0 Å². The first-order valence-corrected chi connectivity index (χ1v) is 10.1. The second kappa shape index (κ2) is 6.94. The van der Waals surface area contributed by atoms with E-state index in [1.165, 1.54) is 9.47 Å². The number of benzene rings is 1. The van der Waals surface area contributed by atoms with Gasteiger partial charge in [-0.05, 0) is 45.1 Å². The molecule has 1 saturated carbocycles. The molecule has 0 amide bonds. The highest BCUT2D eigenvalue weighted by Crippen LogP contribution is 2.47. The predicted octanol–water partition coefficient (Wildman–Crippen LogP) is 3.76. The Morgan fingerprint density at radius 1 is 1.23 bits per heavy atom. The van der Waals surface area contributed by atoms with Gasteiger partial charge in [-0.25, -0.2) is 9.18 Å². The van der Waals surface area contributed by atoms with Gasteiger partial charge in [0.1, 0.15) is 16.9 Å². The molecule has 1 saturated heterocycles. The lowest BCUT2D eigenvalue weighted by Crippen LogP contribution is -2.42. The maximum Gasteiger partial charge on any atom is 0.420 e. The molecule has 2 aliphatic rings. The maximum atomic E-state index is 15.2. The fourth-order valence-electron chi connectivity index (χ4n) is 4.42. The van der Waals surface area contributed by atoms with Crippen molar-refractivity contribution in [2.24, 2.45) is 11.7 Å². The lowest BCUT2D eigenvalue weighted by molar-refractivity contribution is -0.136. The molecule has 1 aromatic heterocycles. The van der Waals surface area contributed by atoms with Crippen LogP contribution in [0.2, 0.25) is 0 Å². The Morgan fingerprint density at radius 2 is 1.87 bits per heavy atom. The Morgan fingerprint density at radius 3 is 2.35 bits per heavy atom. The molecule has 1 aromatic carbocycles. The summed E-state index contributed by atoms with van der Waals surface area (Å²) in [7, 11) is 0. The summed E-state index contributed by atoms with van der Waals surface area (Å²) in [5.41, 5.74) is 1.37. The topological polar surface area (TPSA) is 88.6 Å². The zero-order chi connectivity index (χ0) is 22.9. The number of pyridine rings is 1. The van der Waals surface area contributed by atoms with Gasteiger partial charge in [-0.3, -0.25) is 4.79 Å². The Bertz CT molecular complexity index is 1130. The number of hydrogen-bond acceptors (Lipinski definition) is 4. The number of halogens is 4. The summed E-state index contributed by atoms with van der Waals surface area (Å²) < 4.78 is 59.4. The summed E-state index contributed by atoms with van der Waals surface area (Å²) >= 11 is 0. The second-order valence-electron chi connectivity index (χ2n) is 9.04. The summed E-state index contributed by atoms with van der Waals surface area (Å²) in [6.07, 6.45) is -2.40. The Hall–Kier alpha value is -2.62. The van der Waals surface area contributed by atoms with Crippen LogP contribution in [0.5, 0.6) is 0 Å². The van der Waals surface area contributed by atoms with Gasteiger partial charge < -0.3 is 20.3 Å². The molecule has 31 heavy (non-hydrogen) atoms. The fourth-order valence-corrected chi connectivity index (χ4v) is 4.42. The van der Waals surface area contributed by atoms with Crippen molar-refractivity contribution in [3.8, 4) is 0 Å². The number of nitrogens with zero attached hydrogens (tertiary/aromatic N) is 2. The molecule has 0 bridgehead atoms. The molecule has 0 spiro atoms. The lowest BCUT2D eigenvalue weighted by Gasteiger charge is -2.29. The molecule has 10 heteroatoms. The van der Waals surface area contributed by atoms with Crippen molar-refractivity contribution < 1.29 is 27.5 Å². The van der Waals surface area contributed by atoms with Crippen molar-refractivity contribution in [1.29, 1.82) is 0 Å².